The molecule has 2 aromatic rings. The Balaban J connectivity index is 2.25. The fraction of sp³-hybridized carbons (Fsp3) is 0.250. The standard InChI is InChI=1S/C16H18O3S/c1-12-8-13(2)10-14(9-12)16(17)11-20(18,19)15-6-4-3-5-7-15/h3-10,16-17H,11H2,1-2H3. The van der Waals surface area contributed by atoms with Gasteiger partial charge < -0.3 is 5.11 Å². The van der Waals surface area contributed by atoms with Crippen LogP contribution in [0.3, 0.4) is 0 Å². The Kier molecular flexibility index (Phi) is 4.26. The van der Waals surface area contributed by atoms with Crippen molar-refractivity contribution in [2.75, 3.05) is 5.75 Å². The highest BCUT2D eigenvalue weighted by Gasteiger charge is 2.21. The molecule has 0 aromatic heterocycles. The summed E-state index contributed by atoms with van der Waals surface area (Å²) in [5, 5.41) is 10.2. The van der Waals surface area contributed by atoms with Crippen LogP contribution in [0.4, 0.5) is 0 Å². The molecule has 0 aliphatic carbocycles. The van der Waals surface area contributed by atoms with Crippen LogP contribution in [0.5, 0.6) is 0 Å². The lowest BCUT2D eigenvalue weighted by Gasteiger charge is -2.13. The zero-order valence-corrected chi connectivity index (χ0v) is 12.4. The van der Waals surface area contributed by atoms with Gasteiger partial charge in [-0.05, 0) is 31.5 Å². The Morgan fingerprint density at radius 1 is 1.00 bits per heavy atom. The van der Waals surface area contributed by atoms with Crippen LogP contribution in [-0.2, 0) is 9.84 Å². The molecule has 2 rings (SSSR count). The summed E-state index contributed by atoms with van der Waals surface area (Å²) in [5.41, 5.74) is 2.66. The first-order valence-corrected chi connectivity index (χ1v) is 8.08. The number of hydrogen-bond donors (Lipinski definition) is 1. The first-order valence-electron chi connectivity index (χ1n) is 6.42. The summed E-state index contributed by atoms with van der Waals surface area (Å²) in [4.78, 5) is 0.239. The van der Waals surface area contributed by atoms with Crippen molar-refractivity contribution in [1.29, 1.82) is 0 Å². The smallest absolute Gasteiger partial charge is 0.181 e. The van der Waals surface area contributed by atoms with Gasteiger partial charge in [-0.2, -0.15) is 0 Å². The Labute approximate surface area is 119 Å². The quantitative estimate of drug-likeness (QED) is 0.942. The summed E-state index contributed by atoms with van der Waals surface area (Å²) in [6, 6.07) is 13.8. The molecule has 0 aliphatic rings. The van der Waals surface area contributed by atoms with Gasteiger partial charge in [0, 0.05) is 0 Å². The van der Waals surface area contributed by atoms with Crippen molar-refractivity contribution in [2.24, 2.45) is 0 Å². The largest absolute Gasteiger partial charge is 0.387 e. The number of rotatable bonds is 4. The molecular formula is C16H18O3S. The van der Waals surface area contributed by atoms with E-state index >= 15 is 0 Å². The zero-order valence-electron chi connectivity index (χ0n) is 11.6. The van der Waals surface area contributed by atoms with Gasteiger partial charge in [-0.15, -0.1) is 0 Å². The van der Waals surface area contributed by atoms with E-state index in [1.165, 1.54) is 0 Å². The molecule has 20 heavy (non-hydrogen) atoms. The van der Waals surface area contributed by atoms with Crippen molar-refractivity contribution < 1.29 is 13.5 Å². The van der Waals surface area contributed by atoms with Crippen molar-refractivity contribution in [3.8, 4) is 0 Å². The van der Waals surface area contributed by atoms with Crippen LogP contribution in [-0.4, -0.2) is 19.3 Å². The fourth-order valence-electron chi connectivity index (χ4n) is 2.23. The lowest BCUT2D eigenvalue weighted by Crippen LogP contribution is -2.15. The molecule has 1 N–H and O–H groups in total. The van der Waals surface area contributed by atoms with Gasteiger partial charge in [0.2, 0.25) is 0 Å². The van der Waals surface area contributed by atoms with Crippen molar-refractivity contribution in [3.05, 3.63) is 65.2 Å². The summed E-state index contributed by atoms with van der Waals surface area (Å²) in [5.74, 6) is -0.306. The maximum absolute atomic E-state index is 12.2. The molecule has 0 saturated carbocycles. The number of aliphatic hydroxyl groups excluding tert-OH is 1. The molecule has 1 unspecified atom stereocenters. The topological polar surface area (TPSA) is 54.4 Å². The molecule has 0 heterocycles. The van der Waals surface area contributed by atoms with E-state index in [0.29, 0.717) is 5.56 Å². The fourth-order valence-corrected chi connectivity index (χ4v) is 3.60. The summed E-state index contributed by atoms with van der Waals surface area (Å²) >= 11 is 0. The Bertz CT molecular complexity index is 671. The van der Waals surface area contributed by atoms with Crippen LogP contribution in [0.15, 0.2) is 53.4 Å². The second kappa shape index (κ2) is 5.77. The molecular weight excluding hydrogens is 272 g/mol. The normalized spacial score (nSPS) is 13.2. The number of aryl methyl sites for hydroxylation is 2. The lowest BCUT2D eigenvalue weighted by molar-refractivity contribution is 0.201. The predicted molar refractivity (Wildman–Crippen MR) is 79.4 cm³/mol. The predicted octanol–water partition coefficient (Wildman–Crippen LogP) is 2.81. The SMILES string of the molecule is Cc1cc(C)cc(C(O)CS(=O)(=O)c2ccccc2)c1. The van der Waals surface area contributed by atoms with E-state index in [4.69, 9.17) is 0 Å². The Hall–Kier alpha value is -1.65. The van der Waals surface area contributed by atoms with Crippen LogP contribution >= 0.6 is 0 Å². The molecule has 3 nitrogen and oxygen atoms in total. The van der Waals surface area contributed by atoms with E-state index in [2.05, 4.69) is 0 Å². The van der Waals surface area contributed by atoms with Gasteiger partial charge in [-0.1, -0.05) is 47.5 Å². The molecule has 2 aromatic carbocycles. The lowest BCUT2D eigenvalue weighted by atomic mass is 10.0. The number of benzene rings is 2. The molecule has 0 radical (unpaired) electrons. The van der Waals surface area contributed by atoms with Gasteiger partial charge in [0.05, 0.1) is 16.8 Å². The Morgan fingerprint density at radius 3 is 2.10 bits per heavy atom. The second-order valence-corrected chi connectivity index (χ2v) is 7.07. The maximum Gasteiger partial charge on any atom is 0.181 e. The van der Waals surface area contributed by atoms with Crippen LogP contribution in [0.25, 0.3) is 0 Å². The van der Waals surface area contributed by atoms with E-state index in [1.54, 1.807) is 30.3 Å². The number of sulfone groups is 1. The third-order valence-corrected chi connectivity index (χ3v) is 4.85. The highest BCUT2D eigenvalue weighted by molar-refractivity contribution is 7.91. The summed E-state index contributed by atoms with van der Waals surface area (Å²) < 4.78 is 24.5. The van der Waals surface area contributed by atoms with Crippen molar-refractivity contribution >= 4 is 9.84 Å². The molecule has 4 heteroatoms. The van der Waals surface area contributed by atoms with E-state index < -0.39 is 15.9 Å². The molecule has 0 fully saturated rings. The highest BCUT2D eigenvalue weighted by atomic mass is 32.2. The van der Waals surface area contributed by atoms with Crippen LogP contribution < -0.4 is 0 Å². The molecule has 0 saturated heterocycles. The molecule has 0 aliphatic heterocycles. The first-order chi connectivity index (χ1) is 9.38. The van der Waals surface area contributed by atoms with Crippen LogP contribution in [0.1, 0.15) is 22.8 Å². The minimum absolute atomic E-state index is 0.239. The van der Waals surface area contributed by atoms with Gasteiger partial charge in [-0.3, -0.25) is 0 Å². The highest BCUT2D eigenvalue weighted by Crippen LogP contribution is 2.21. The second-order valence-electron chi connectivity index (χ2n) is 5.03. The van der Waals surface area contributed by atoms with Crippen LogP contribution in [0.2, 0.25) is 0 Å². The van der Waals surface area contributed by atoms with Crippen molar-refractivity contribution in [2.45, 2.75) is 24.8 Å². The molecule has 0 bridgehead atoms. The van der Waals surface area contributed by atoms with E-state index in [-0.39, 0.29) is 10.6 Å². The minimum Gasteiger partial charge on any atom is -0.387 e. The summed E-state index contributed by atoms with van der Waals surface area (Å²) in [6.45, 7) is 3.85. The minimum atomic E-state index is -3.48. The monoisotopic (exact) mass is 290 g/mol. The van der Waals surface area contributed by atoms with E-state index in [0.717, 1.165) is 11.1 Å². The third-order valence-electron chi connectivity index (χ3n) is 3.11. The van der Waals surface area contributed by atoms with Gasteiger partial charge in [-0.25, -0.2) is 8.42 Å². The Morgan fingerprint density at radius 2 is 1.55 bits per heavy atom. The van der Waals surface area contributed by atoms with Crippen molar-refractivity contribution in [3.63, 3.8) is 0 Å². The van der Waals surface area contributed by atoms with Gasteiger partial charge in [0.15, 0.2) is 9.84 Å². The van der Waals surface area contributed by atoms with Gasteiger partial charge >= 0.3 is 0 Å². The average Bonchev–Trinajstić information content (AvgIpc) is 2.38. The van der Waals surface area contributed by atoms with Gasteiger partial charge in [0.25, 0.3) is 0 Å². The summed E-state index contributed by atoms with van der Waals surface area (Å²) in [7, 11) is -3.48. The molecule has 106 valence electrons. The van der Waals surface area contributed by atoms with Crippen molar-refractivity contribution in [1.82, 2.24) is 0 Å². The molecule has 1 atom stereocenters. The van der Waals surface area contributed by atoms with Crippen LogP contribution in [0, 0.1) is 13.8 Å². The number of hydrogen-bond acceptors (Lipinski definition) is 3. The van der Waals surface area contributed by atoms with E-state index in [1.807, 2.05) is 32.0 Å². The average molecular weight is 290 g/mol. The number of aliphatic hydroxyl groups is 1. The molecule has 0 spiro atoms. The summed E-state index contributed by atoms with van der Waals surface area (Å²) in [6.07, 6.45) is -1.01. The third kappa shape index (κ3) is 3.46. The van der Waals surface area contributed by atoms with E-state index in [9.17, 15) is 13.5 Å². The first kappa shape index (κ1) is 14.8. The maximum atomic E-state index is 12.2. The molecule has 0 amide bonds. The zero-order chi connectivity index (χ0) is 14.8. The van der Waals surface area contributed by atoms with Gasteiger partial charge in [0.1, 0.15) is 0 Å².